The molecule has 0 radical (unpaired) electrons. The molecule has 5 heteroatoms. The second kappa shape index (κ2) is 6.24. The Balaban J connectivity index is 1.80. The van der Waals surface area contributed by atoms with Crippen molar-refractivity contribution in [2.24, 2.45) is 0 Å². The van der Waals surface area contributed by atoms with Crippen molar-refractivity contribution in [2.75, 3.05) is 6.54 Å². The maximum atomic E-state index is 12.2. The van der Waals surface area contributed by atoms with Gasteiger partial charge in [-0.3, -0.25) is 9.89 Å². The fourth-order valence-electron chi connectivity index (χ4n) is 3.51. The summed E-state index contributed by atoms with van der Waals surface area (Å²) in [5, 5.41) is 9.85. The van der Waals surface area contributed by atoms with Crippen LogP contribution in [0.4, 0.5) is 0 Å². The number of nitrogens with one attached hydrogen (secondary N) is 1. The lowest BCUT2D eigenvalue weighted by Gasteiger charge is -2.35. The molecule has 2 aromatic heterocycles. The summed E-state index contributed by atoms with van der Waals surface area (Å²) in [6, 6.07) is 14.5. The van der Waals surface area contributed by atoms with Crippen LogP contribution in [0.3, 0.4) is 0 Å². The molecular formula is C19H19N3OS. The predicted molar refractivity (Wildman–Crippen MR) is 95.9 cm³/mol. The van der Waals surface area contributed by atoms with E-state index in [9.17, 15) is 4.79 Å². The van der Waals surface area contributed by atoms with Crippen molar-refractivity contribution in [1.29, 1.82) is 0 Å². The molecule has 1 atom stereocenters. The normalized spacial score (nSPS) is 16.9. The van der Waals surface area contributed by atoms with Crippen LogP contribution in [-0.4, -0.2) is 27.5 Å². The molecule has 4 nitrogen and oxygen atoms in total. The zero-order valence-corrected chi connectivity index (χ0v) is 14.3. The summed E-state index contributed by atoms with van der Waals surface area (Å²) in [4.78, 5) is 15.4. The van der Waals surface area contributed by atoms with Crippen LogP contribution in [0, 0.1) is 0 Å². The Hall–Kier alpha value is -2.40. The highest BCUT2D eigenvalue weighted by Crippen LogP contribution is 2.39. The molecule has 4 rings (SSSR count). The van der Waals surface area contributed by atoms with E-state index in [1.54, 1.807) is 18.3 Å². The summed E-state index contributed by atoms with van der Waals surface area (Å²) >= 11 is 1.69. The molecule has 0 bridgehead atoms. The van der Waals surface area contributed by atoms with E-state index >= 15 is 0 Å². The van der Waals surface area contributed by atoms with E-state index in [0.29, 0.717) is 0 Å². The number of aromatic amines is 1. The Morgan fingerprint density at radius 3 is 2.83 bits per heavy atom. The molecule has 1 aliphatic rings. The number of rotatable bonds is 3. The molecule has 122 valence electrons. The minimum absolute atomic E-state index is 0.0319. The molecule has 3 heterocycles. The van der Waals surface area contributed by atoms with Crippen molar-refractivity contribution in [1.82, 2.24) is 15.1 Å². The van der Waals surface area contributed by atoms with Gasteiger partial charge in [-0.15, -0.1) is 11.3 Å². The lowest BCUT2D eigenvalue weighted by atomic mass is 9.90. The van der Waals surface area contributed by atoms with Gasteiger partial charge < -0.3 is 4.90 Å². The summed E-state index contributed by atoms with van der Waals surface area (Å²) in [5.74, 6) is 0.125. The van der Waals surface area contributed by atoms with Gasteiger partial charge in [0.05, 0.1) is 10.9 Å². The van der Waals surface area contributed by atoms with Gasteiger partial charge in [0.15, 0.2) is 0 Å². The minimum atomic E-state index is 0.0319. The molecule has 0 spiro atoms. The number of fused-ring (bicyclic) bond motifs is 1. The quantitative estimate of drug-likeness (QED) is 0.790. The van der Waals surface area contributed by atoms with Crippen LogP contribution < -0.4 is 0 Å². The van der Waals surface area contributed by atoms with Gasteiger partial charge >= 0.3 is 0 Å². The fraction of sp³-hybridized carbons (Fsp3) is 0.263. The second-order valence-electron chi connectivity index (χ2n) is 6.11. The first-order valence-corrected chi connectivity index (χ1v) is 9.04. The van der Waals surface area contributed by atoms with Crippen LogP contribution in [0.2, 0.25) is 0 Å². The van der Waals surface area contributed by atoms with Gasteiger partial charge in [0, 0.05) is 31.1 Å². The van der Waals surface area contributed by atoms with Gasteiger partial charge in [0.2, 0.25) is 5.91 Å². The number of benzene rings is 1. The number of carbonyl (C=O) groups excluding carboxylic acids is 1. The van der Waals surface area contributed by atoms with Gasteiger partial charge in [0.25, 0.3) is 0 Å². The van der Waals surface area contributed by atoms with Gasteiger partial charge in [-0.2, -0.15) is 5.10 Å². The number of aromatic nitrogens is 2. The number of hydrogen-bond donors (Lipinski definition) is 1. The number of thiophene rings is 1. The maximum absolute atomic E-state index is 12.2. The van der Waals surface area contributed by atoms with E-state index in [-0.39, 0.29) is 11.9 Å². The van der Waals surface area contributed by atoms with Gasteiger partial charge in [-0.05, 0) is 23.4 Å². The first-order valence-electron chi connectivity index (χ1n) is 8.16. The topological polar surface area (TPSA) is 49.0 Å². The monoisotopic (exact) mass is 337 g/mol. The highest BCUT2D eigenvalue weighted by molar-refractivity contribution is 7.13. The van der Waals surface area contributed by atoms with Gasteiger partial charge in [-0.25, -0.2) is 0 Å². The minimum Gasteiger partial charge on any atom is -0.335 e. The SMILES string of the molecule is CC(=O)N1CCc2[nH]nc(-c3cccs3)c2C1Cc1ccccc1. The third-order valence-electron chi connectivity index (χ3n) is 4.63. The molecule has 1 amide bonds. The standard InChI is InChI=1S/C19H19N3OS/c1-13(23)22-10-9-15-18(16(22)12-14-6-3-2-4-7-14)19(21-20-15)17-8-5-11-24-17/h2-8,11,16H,9-10,12H2,1H3,(H,20,21). The third-order valence-corrected chi connectivity index (χ3v) is 5.50. The maximum Gasteiger partial charge on any atom is 0.219 e. The van der Waals surface area contributed by atoms with E-state index in [0.717, 1.165) is 35.7 Å². The average molecular weight is 337 g/mol. The highest BCUT2D eigenvalue weighted by atomic mass is 32.1. The van der Waals surface area contributed by atoms with Crippen molar-refractivity contribution in [3.05, 3.63) is 64.7 Å². The first kappa shape index (κ1) is 15.1. The van der Waals surface area contributed by atoms with Crippen LogP contribution in [0.1, 0.15) is 29.8 Å². The van der Waals surface area contributed by atoms with Crippen molar-refractivity contribution in [3.63, 3.8) is 0 Å². The summed E-state index contributed by atoms with van der Waals surface area (Å²) in [6.07, 6.45) is 1.64. The van der Waals surface area contributed by atoms with E-state index in [4.69, 9.17) is 0 Å². The van der Waals surface area contributed by atoms with Crippen LogP contribution in [-0.2, 0) is 17.6 Å². The molecule has 24 heavy (non-hydrogen) atoms. The molecule has 3 aromatic rings. The Bertz CT molecular complexity index is 839. The van der Waals surface area contributed by atoms with Crippen LogP contribution in [0.25, 0.3) is 10.6 Å². The number of carbonyl (C=O) groups is 1. The molecule has 1 aromatic carbocycles. The van der Waals surface area contributed by atoms with Crippen LogP contribution in [0.15, 0.2) is 47.8 Å². The van der Waals surface area contributed by atoms with E-state index < -0.39 is 0 Å². The zero-order chi connectivity index (χ0) is 16.5. The van der Waals surface area contributed by atoms with Crippen molar-refractivity contribution in [3.8, 4) is 10.6 Å². The van der Waals surface area contributed by atoms with Crippen molar-refractivity contribution in [2.45, 2.75) is 25.8 Å². The largest absolute Gasteiger partial charge is 0.335 e. The molecule has 0 aliphatic carbocycles. The summed E-state index contributed by atoms with van der Waals surface area (Å²) in [7, 11) is 0. The molecule has 0 fully saturated rings. The number of amides is 1. The molecule has 1 unspecified atom stereocenters. The highest BCUT2D eigenvalue weighted by Gasteiger charge is 2.33. The van der Waals surface area contributed by atoms with E-state index in [1.807, 2.05) is 29.2 Å². The average Bonchev–Trinajstić information content (AvgIpc) is 3.25. The molecule has 0 saturated carbocycles. The molecule has 0 saturated heterocycles. The Morgan fingerprint density at radius 1 is 1.29 bits per heavy atom. The number of H-pyrrole nitrogens is 1. The van der Waals surface area contributed by atoms with Crippen molar-refractivity contribution >= 4 is 17.2 Å². The first-order chi connectivity index (χ1) is 11.7. The smallest absolute Gasteiger partial charge is 0.219 e. The third kappa shape index (κ3) is 2.65. The zero-order valence-electron chi connectivity index (χ0n) is 13.5. The Labute approximate surface area is 145 Å². The lowest BCUT2D eigenvalue weighted by Crippen LogP contribution is -2.39. The Kier molecular flexibility index (Phi) is 3.94. The number of nitrogens with zero attached hydrogens (tertiary/aromatic N) is 2. The number of hydrogen-bond acceptors (Lipinski definition) is 3. The molecule has 1 N–H and O–H groups in total. The molecular weight excluding hydrogens is 318 g/mol. The van der Waals surface area contributed by atoms with Gasteiger partial charge in [0.1, 0.15) is 5.69 Å². The summed E-state index contributed by atoms with van der Waals surface area (Å²) in [6.45, 7) is 2.40. The predicted octanol–water partition coefficient (Wildman–Crippen LogP) is 3.83. The van der Waals surface area contributed by atoms with Crippen molar-refractivity contribution < 1.29 is 4.79 Å². The lowest BCUT2D eigenvalue weighted by molar-refractivity contribution is -0.131. The summed E-state index contributed by atoms with van der Waals surface area (Å²) in [5.41, 5.74) is 4.58. The fourth-order valence-corrected chi connectivity index (χ4v) is 4.24. The van der Waals surface area contributed by atoms with Crippen LogP contribution >= 0.6 is 11.3 Å². The van der Waals surface area contributed by atoms with Gasteiger partial charge in [-0.1, -0.05) is 36.4 Å². The second-order valence-corrected chi connectivity index (χ2v) is 7.06. The summed E-state index contributed by atoms with van der Waals surface area (Å²) < 4.78 is 0. The van der Waals surface area contributed by atoms with E-state index in [1.165, 1.54) is 11.1 Å². The van der Waals surface area contributed by atoms with E-state index in [2.05, 4.69) is 33.8 Å². The van der Waals surface area contributed by atoms with Crippen LogP contribution in [0.5, 0.6) is 0 Å². The Morgan fingerprint density at radius 2 is 2.12 bits per heavy atom. The molecule has 1 aliphatic heterocycles.